The van der Waals surface area contributed by atoms with Crippen molar-refractivity contribution in [3.05, 3.63) is 200 Å². The normalized spacial score (nSPS) is 11.7. The number of aromatic nitrogens is 3. The second-order valence-corrected chi connectivity index (χ2v) is 14.0. The zero-order valence-corrected chi connectivity index (χ0v) is 29.4. The van der Waals surface area contributed by atoms with Gasteiger partial charge >= 0.3 is 0 Å². The van der Waals surface area contributed by atoms with Crippen LogP contribution < -0.4 is 0 Å². The van der Waals surface area contributed by atoms with E-state index in [4.69, 9.17) is 4.98 Å². The zero-order valence-electron chi connectivity index (χ0n) is 29.4. The molecule has 0 amide bonds. The summed E-state index contributed by atoms with van der Waals surface area (Å²) >= 11 is 0. The smallest absolute Gasteiger partial charge is 0.0736 e. The van der Waals surface area contributed by atoms with E-state index in [0.29, 0.717) is 0 Å². The first kappa shape index (κ1) is 30.4. The van der Waals surface area contributed by atoms with Crippen molar-refractivity contribution in [2.45, 2.75) is 0 Å². The van der Waals surface area contributed by atoms with Crippen molar-refractivity contribution in [2.75, 3.05) is 0 Å². The summed E-state index contributed by atoms with van der Waals surface area (Å²) in [5.74, 6) is 0. The van der Waals surface area contributed by atoms with Gasteiger partial charge in [0.2, 0.25) is 0 Å². The van der Waals surface area contributed by atoms with Crippen LogP contribution >= 0.6 is 0 Å². The highest BCUT2D eigenvalue weighted by atomic mass is 15.0. The summed E-state index contributed by atoms with van der Waals surface area (Å²) in [6, 6.07) is 72.1. The van der Waals surface area contributed by atoms with Crippen LogP contribution in [0.2, 0.25) is 0 Å². The zero-order chi connectivity index (χ0) is 35.6. The first-order valence-electron chi connectivity index (χ1n) is 18.5. The third-order valence-corrected chi connectivity index (χ3v) is 10.9. The fourth-order valence-electron chi connectivity index (χ4n) is 8.43. The van der Waals surface area contributed by atoms with E-state index in [1.807, 2.05) is 0 Å². The van der Waals surface area contributed by atoms with Crippen LogP contribution in [0.1, 0.15) is 0 Å². The summed E-state index contributed by atoms with van der Waals surface area (Å²) in [6.45, 7) is 0. The molecule has 3 heterocycles. The van der Waals surface area contributed by atoms with Crippen LogP contribution in [0.4, 0.5) is 0 Å². The fourth-order valence-corrected chi connectivity index (χ4v) is 8.43. The molecule has 0 saturated carbocycles. The minimum Gasteiger partial charge on any atom is -0.309 e. The van der Waals surface area contributed by atoms with E-state index < -0.39 is 0 Å². The highest BCUT2D eigenvalue weighted by Gasteiger charge is 2.18. The van der Waals surface area contributed by atoms with Gasteiger partial charge in [0, 0.05) is 38.4 Å². The summed E-state index contributed by atoms with van der Waals surface area (Å²) < 4.78 is 4.78. The number of para-hydroxylation sites is 3. The number of hydrogen-bond acceptors (Lipinski definition) is 1. The van der Waals surface area contributed by atoms with E-state index in [1.54, 1.807) is 0 Å². The van der Waals surface area contributed by atoms with Gasteiger partial charge in [0.25, 0.3) is 0 Å². The monoisotopic (exact) mass is 687 g/mol. The van der Waals surface area contributed by atoms with Crippen LogP contribution in [0.25, 0.3) is 99.4 Å². The van der Waals surface area contributed by atoms with Crippen molar-refractivity contribution >= 4 is 54.4 Å². The second kappa shape index (κ2) is 12.2. The van der Waals surface area contributed by atoms with E-state index in [1.165, 1.54) is 65.7 Å². The molecule has 0 radical (unpaired) electrons. The summed E-state index contributed by atoms with van der Waals surface area (Å²) in [5.41, 5.74) is 13.5. The van der Waals surface area contributed by atoms with Gasteiger partial charge in [0.1, 0.15) is 0 Å². The van der Waals surface area contributed by atoms with Gasteiger partial charge in [-0.25, -0.2) is 4.98 Å². The predicted octanol–water partition coefficient (Wildman–Crippen LogP) is 13.4. The Balaban J connectivity index is 1.12. The number of pyridine rings is 1. The number of rotatable bonds is 5. The first-order chi connectivity index (χ1) is 26.8. The molecule has 0 bridgehead atoms. The molecular formula is C51H33N3. The molecule has 0 N–H and O–H groups in total. The Labute approximate surface area is 312 Å². The van der Waals surface area contributed by atoms with Crippen molar-refractivity contribution in [3.8, 4) is 45.0 Å². The minimum absolute atomic E-state index is 0.946. The van der Waals surface area contributed by atoms with Crippen molar-refractivity contribution in [2.24, 2.45) is 0 Å². The minimum atomic E-state index is 0.946. The molecule has 3 heteroatoms. The lowest BCUT2D eigenvalue weighted by Crippen LogP contribution is -1.98. The van der Waals surface area contributed by atoms with Crippen LogP contribution in [-0.2, 0) is 0 Å². The van der Waals surface area contributed by atoms with E-state index in [-0.39, 0.29) is 0 Å². The second-order valence-electron chi connectivity index (χ2n) is 14.0. The molecule has 0 saturated heterocycles. The third-order valence-electron chi connectivity index (χ3n) is 10.9. The number of benzene rings is 8. The Morgan fingerprint density at radius 3 is 1.46 bits per heavy atom. The van der Waals surface area contributed by atoms with E-state index in [2.05, 4.69) is 209 Å². The van der Waals surface area contributed by atoms with Crippen molar-refractivity contribution < 1.29 is 0 Å². The van der Waals surface area contributed by atoms with Crippen LogP contribution in [0, 0.1) is 0 Å². The Morgan fingerprint density at radius 2 is 0.796 bits per heavy atom. The lowest BCUT2D eigenvalue weighted by atomic mass is 10.00. The SMILES string of the molecule is c1ccc(-c2cc(-n3c4ccccc4c4cc(-c5ccc6c(c5)c5ccccc5n6-c5ccccc5)ccc43)cc(-c3cccc4ccccc34)n2)cc1. The first-order valence-corrected chi connectivity index (χ1v) is 18.5. The average Bonchev–Trinajstić information content (AvgIpc) is 3.76. The average molecular weight is 688 g/mol. The molecule has 0 spiro atoms. The van der Waals surface area contributed by atoms with E-state index in [9.17, 15) is 0 Å². The Bertz CT molecular complexity index is 3200. The van der Waals surface area contributed by atoms with Gasteiger partial charge in [-0.05, 0) is 82.6 Å². The van der Waals surface area contributed by atoms with Gasteiger partial charge in [0.15, 0.2) is 0 Å². The molecule has 3 aromatic heterocycles. The molecule has 0 aliphatic rings. The van der Waals surface area contributed by atoms with Gasteiger partial charge in [-0.1, -0.05) is 140 Å². The van der Waals surface area contributed by atoms with Crippen molar-refractivity contribution in [1.29, 1.82) is 0 Å². The van der Waals surface area contributed by atoms with Crippen LogP contribution in [-0.4, -0.2) is 14.1 Å². The summed E-state index contributed by atoms with van der Waals surface area (Å²) in [5, 5.41) is 7.35. The molecular weight excluding hydrogens is 655 g/mol. The van der Waals surface area contributed by atoms with Crippen LogP contribution in [0.3, 0.4) is 0 Å². The molecule has 11 aromatic rings. The molecule has 0 atom stereocenters. The maximum Gasteiger partial charge on any atom is 0.0736 e. The Kier molecular flexibility index (Phi) is 6.86. The molecule has 0 fully saturated rings. The number of hydrogen-bond donors (Lipinski definition) is 0. The molecule has 3 nitrogen and oxygen atoms in total. The third kappa shape index (κ3) is 4.79. The molecule has 54 heavy (non-hydrogen) atoms. The quantitative estimate of drug-likeness (QED) is 0.177. The van der Waals surface area contributed by atoms with E-state index >= 15 is 0 Å². The molecule has 0 aliphatic heterocycles. The van der Waals surface area contributed by atoms with Crippen molar-refractivity contribution in [3.63, 3.8) is 0 Å². The lowest BCUT2D eigenvalue weighted by Gasteiger charge is -2.14. The highest BCUT2D eigenvalue weighted by Crippen LogP contribution is 2.40. The summed E-state index contributed by atoms with van der Waals surface area (Å²) in [4.78, 5) is 5.30. The Hall–Kier alpha value is -7.23. The lowest BCUT2D eigenvalue weighted by molar-refractivity contribution is 1.16. The standard InChI is InChI=1S/C51H33N3/c1-3-15-35(16-4-1)46-32-39(33-47(52-46)41-23-13-17-34-14-7-8-20-40(34)41)54-49-25-12-10-22-43(49)45-31-37(27-29-51(45)54)36-26-28-50-44(30-36)42-21-9-11-24-48(42)53(50)38-18-5-2-6-19-38/h1-33H. The van der Waals surface area contributed by atoms with Crippen LogP contribution in [0.15, 0.2) is 200 Å². The van der Waals surface area contributed by atoms with Gasteiger partial charge in [-0.2, -0.15) is 0 Å². The molecule has 252 valence electrons. The maximum atomic E-state index is 5.30. The number of fused-ring (bicyclic) bond motifs is 7. The van der Waals surface area contributed by atoms with Gasteiger partial charge in [-0.15, -0.1) is 0 Å². The predicted molar refractivity (Wildman–Crippen MR) is 227 cm³/mol. The number of nitrogens with zero attached hydrogens (tertiary/aromatic N) is 3. The fraction of sp³-hybridized carbons (Fsp3) is 0. The van der Waals surface area contributed by atoms with Crippen LogP contribution in [0.5, 0.6) is 0 Å². The molecule has 0 aliphatic carbocycles. The van der Waals surface area contributed by atoms with Crippen molar-refractivity contribution in [1.82, 2.24) is 14.1 Å². The Morgan fingerprint density at radius 1 is 0.296 bits per heavy atom. The maximum absolute atomic E-state index is 5.30. The van der Waals surface area contributed by atoms with Gasteiger partial charge in [-0.3, -0.25) is 0 Å². The highest BCUT2D eigenvalue weighted by molar-refractivity contribution is 6.13. The topological polar surface area (TPSA) is 22.8 Å². The summed E-state index contributed by atoms with van der Waals surface area (Å²) in [6.07, 6.45) is 0. The molecule has 11 rings (SSSR count). The van der Waals surface area contributed by atoms with Gasteiger partial charge in [0.05, 0.1) is 39.1 Å². The molecule has 8 aromatic carbocycles. The van der Waals surface area contributed by atoms with E-state index in [0.717, 1.165) is 33.7 Å². The summed E-state index contributed by atoms with van der Waals surface area (Å²) in [7, 11) is 0. The molecule has 0 unspecified atom stereocenters. The van der Waals surface area contributed by atoms with Gasteiger partial charge < -0.3 is 9.13 Å². The largest absolute Gasteiger partial charge is 0.309 e.